The monoisotopic (exact) mass is 297 g/mol. The number of aryl methyl sites for hydroxylation is 2. The first kappa shape index (κ1) is 15.0. The van der Waals surface area contributed by atoms with Crippen LogP contribution in [0.4, 0.5) is 0 Å². The zero-order valence-electron chi connectivity index (χ0n) is 12.1. The number of nitrogens with zero attached hydrogens (tertiary/aromatic N) is 4. The molecule has 0 amide bonds. The van der Waals surface area contributed by atoms with Gasteiger partial charge in [0.15, 0.2) is 0 Å². The molecule has 0 aromatic carbocycles. The Morgan fingerprint density at radius 1 is 1.45 bits per heavy atom. The van der Waals surface area contributed by atoms with Gasteiger partial charge in [-0.15, -0.1) is 0 Å². The van der Waals surface area contributed by atoms with Crippen molar-refractivity contribution in [3.63, 3.8) is 0 Å². The number of imidazole rings is 1. The van der Waals surface area contributed by atoms with Gasteiger partial charge in [0.2, 0.25) is 0 Å². The van der Waals surface area contributed by atoms with Crippen LogP contribution in [0, 0.1) is 6.92 Å². The minimum Gasteiger partial charge on any atom is -0.383 e. The number of halogens is 1. The summed E-state index contributed by atoms with van der Waals surface area (Å²) in [5.41, 5.74) is 1.84. The van der Waals surface area contributed by atoms with Crippen molar-refractivity contribution in [1.82, 2.24) is 24.6 Å². The molecule has 0 spiro atoms. The maximum absolute atomic E-state index is 6.28. The van der Waals surface area contributed by atoms with E-state index < -0.39 is 0 Å². The second kappa shape index (κ2) is 6.88. The highest BCUT2D eigenvalue weighted by atomic mass is 35.5. The van der Waals surface area contributed by atoms with E-state index >= 15 is 0 Å². The average molecular weight is 298 g/mol. The second-order valence-electron chi connectivity index (χ2n) is 4.61. The minimum absolute atomic E-state index is 0.664. The quantitative estimate of drug-likeness (QED) is 0.784. The van der Waals surface area contributed by atoms with Crippen molar-refractivity contribution < 1.29 is 4.74 Å². The maximum atomic E-state index is 6.28. The Labute approximate surface area is 123 Å². The largest absolute Gasteiger partial charge is 0.383 e. The van der Waals surface area contributed by atoms with Gasteiger partial charge in [-0.05, 0) is 6.92 Å². The van der Waals surface area contributed by atoms with Crippen LogP contribution >= 0.6 is 11.6 Å². The first-order valence-corrected chi connectivity index (χ1v) is 6.89. The molecule has 0 bridgehead atoms. The van der Waals surface area contributed by atoms with Gasteiger partial charge in [-0.3, -0.25) is 4.68 Å². The summed E-state index contributed by atoms with van der Waals surface area (Å²) in [5, 5.41) is 8.33. The molecule has 2 rings (SSSR count). The van der Waals surface area contributed by atoms with Gasteiger partial charge in [0.25, 0.3) is 0 Å². The van der Waals surface area contributed by atoms with E-state index in [9.17, 15) is 0 Å². The number of rotatable bonds is 7. The fourth-order valence-electron chi connectivity index (χ4n) is 2.04. The van der Waals surface area contributed by atoms with Crippen LogP contribution in [0.2, 0.25) is 5.02 Å². The van der Waals surface area contributed by atoms with Gasteiger partial charge in [0.1, 0.15) is 5.82 Å². The summed E-state index contributed by atoms with van der Waals surface area (Å²) < 4.78 is 8.89. The summed E-state index contributed by atoms with van der Waals surface area (Å²) in [6, 6.07) is 0. The molecular weight excluding hydrogens is 278 g/mol. The summed E-state index contributed by atoms with van der Waals surface area (Å²) in [5.74, 6) is 0.969. The summed E-state index contributed by atoms with van der Waals surface area (Å²) in [6.45, 7) is 4.76. The van der Waals surface area contributed by atoms with Crippen LogP contribution < -0.4 is 5.32 Å². The average Bonchev–Trinajstić information content (AvgIpc) is 2.95. The van der Waals surface area contributed by atoms with Crippen molar-refractivity contribution in [3.8, 4) is 0 Å². The summed E-state index contributed by atoms with van der Waals surface area (Å²) in [6.07, 6.45) is 3.75. The molecule has 7 heteroatoms. The number of hydrogen-bond acceptors (Lipinski definition) is 4. The molecule has 0 unspecified atom stereocenters. The van der Waals surface area contributed by atoms with E-state index in [-0.39, 0.29) is 0 Å². The number of nitrogens with one attached hydrogen (secondary N) is 1. The van der Waals surface area contributed by atoms with Crippen LogP contribution in [-0.4, -0.2) is 39.6 Å². The number of hydrogen-bond donors (Lipinski definition) is 1. The number of aromatic nitrogens is 4. The first-order chi connectivity index (χ1) is 9.63. The van der Waals surface area contributed by atoms with E-state index in [0.29, 0.717) is 19.7 Å². The molecule has 0 atom stereocenters. The molecule has 2 aromatic heterocycles. The van der Waals surface area contributed by atoms with Gasteiger partial charge in [-0.2, -0.15) is 5.10 Å². The molecule has 0 aliphatic rings. The molecule has 1 N–H and O–H groups in total. The molecule has 0 aliphatic heterocycles. The molecule has 2 aromatic rings. The maximum Gasteiger partial charge on any atom is 0.123 e. The number of ether oxygens (including phenoxy) is 1. The Bertz CT molecular complexity index is 563. The van der Waals surface area contributed by atoms with Crippen LogP contribution in [-0.2, 0) is 24.9 Å². The lowest BCUT2D eigenvalue weighted by atomic mass is 10.3. The Balaban J connectivity index is 2.05. The molecule has 0 aliphatic carbocycles. The predicted molar refractivity (Wildman–Crippen MR) is 77.9 cm³/mol. The molecule has 0 saturated carbocycles. The van der Waals surface area contributed by atoms with E-state index in [2.05, 4.69) is 20.0 Å². The Kier molecular flexibility index (Phi) is 5.17. The smallest absolute Gasteiger partial charge is 0.123 e. The first-order valence-electron chi connectivity index (χ1n) is 6.51. The van der Waals surface area contributed by atoms with E-state index in [0.717, 1.165) is 28.8 Å². The standard InChI is InChI=1S/C13H20ClN5O/c1-10-13(14)11(18(2)17-10)9-19-6-4-16-12(19)8-15-5-7-20-3/h4,6,15H,5,7-9H2,1-3H3. The van der Waals surface area contributed by atoms with Crippen LogP contribution in [0.1, 0.15) is 17.2 Å². The van der Waals surface area contributed by atoms with Gasteiger partial charge in [-0.25, -0.2) is 4.98 Å². The van der Waals surface area contributed by atoms with Crippen molar-refractivity contribution in [2.45, 2.75) is 20.0 Å². The third-order valence-corrected chi connectivity index (χ3v) is 3.64. The lowest BCUT2D eigenvalue weighted by molar-refractivity contribution is 0.199. The lowest BCUT2D eigenvalue weighted by Crippen LogP contribution is -2.21. The fraction of sp³-hybridized carbons (Fsp3) is 0.538. The molecule has 0 saturated heterocycles. The topological polar surface area (TPSA) is 56.9 Å². The summed E-state index contributed by atoms with van der Waals surface area (Å²) in [7, 11) is 3.59. The third kappa shape index (κ3) is 3.39. The molecule has 0 fully saturated rings. The molecule has 110 valence electrons. The Morgan fingerprint density at radius 3 is 2.90 bits per heavy atom. The second-order valence-corrected chi connectivity index (χ2v) is 4.99. The fourth-order valence-corrected chi connectivity index (χ4v) is 2.26. The van der Waals surface area contributed by atoms with Crippen LogP contribution in [0.3, 0.4) is 0 Å². The highest BCUT2D eigenvalue weighted by Crippen LogP contribution is 2.20. The normalized spacial score (nSPS) is 11.2. The van der Waals surface area contributed by atoms with Gasteiger partial charge in [0.05, 0.1) is 36.1 Å². The van der Waals surface area contributed by atoms with Gasteiger partial charge >= 0.3 is 0 Å². The molecule has 2 heterocycles. The number of methoxy groups -OCH3 is 1. The molecule has 6 nitrogen and oxygen atoms in total. The molecule has 0 radical (unpaired) electrons. The van der Waals surface area contributed by atoms with Crippen molar-refractivity contribution in [2.75, 3.05) is 20.3 Å². The zero-order chi connectivity index (χ0) is 14.5. The summed E-state index contributed by atoms with van der Waals surface area (Å²) >= 11 is 6.28. The van der Waals surface area contributed by atoms with Gasteiger partial charge in [-0.1, -0.05) is 11.6 Å². The Hall–Kier alpha value is -1.37. The van der Waals surface area contributed by atoms with Crippen molar-refractivity contribution >= 4 is 11.6 Å². The van der Waals surface area contributed by atoms with Crippen molar-refractivity contribution in [3.05, 3.63) is 34.6 Å². The highest BCUT2D eigenvalue weighted by molar-refractivity contribution is 6.31. The van der Waals surface area contributed by atoms with E-state index in [1.165, 1.54) is 0 Å². The van der Waals surface area contributed by atoms with Crippen molar-refractivity contribution in [2.24, 2.45) is 7.05 Å². The van der Waals surface area contributed by atoms with Crippen molar-refractivity contribution in [1.29, 1.82) is 0 Å². The van der Waals surface area contributed by atoms with Crippen LogP contribution in [0.25, 0.3) is 0 Å². The van der Waals surface area contributed by atoms with E-state index in [1.54, 1.807) is 13.3 Å². The summed E-state index contributed by atoms with van der Waals surface area (Å²) in [4.78, 5) is 4.36. The minimum atomic E-state index is 0.664. The molecular formula is C13H20ClN5O. The zero-order valence-corrected chi connectivity index (χ0v) is 12.8. The SMILES string of the molecule is COCCNCc1nccn1Cc1c(Cl)c(C)nn1C. The lowest BCUT2D eigenvalue weighted by Gasteiger charge is -2.09. The van der Waals surface area contributed by atoms with Gasteiger partial charge in [0, 0.05) is 33.1 Å². The van der Waals surface area contributed by atoms with E-state index in [1.807, 2.05) is 24.9 Å². The highest BCUT2D eigenvalue weighted by Gasteiger charge is 2.13. The third-order valence-electron chi connectivity index (χ3n) is 3.15. The van der Waals surface area contributed by atoms with Crippen LogP contribution in [0.5, 0.6) is 0 Å². The predicted octanol–water partition coefficient (Wildman–Crippen LogP) is 1.36. The Morgan fingerprint density at radius 2 is 2.25 bits per heavy atom. The van der Waals surface area contributed by atoms with Crippen LogP contribution in [0.15, 0.2) is 12.4 Å². The molecule has 20 heavy (non-hydrogen) atoms. The van der Waals surface area contributed by atoms with Gasteiger partial charge < -0.3 is 14.6 Å². The van der Waals surface area contributed by atoms with E-state index in [4.69, 9.17) is 16.3 Å².